The summed E-state index contributed by atoms with van der Waals surface area (Å²) in [5.74, 6) is 0. The van der Waals surface area contributed by atoms with Gasteiger partial charge in [0.2, 0.25) is 0 Å². The molecule has 0 aliphatic heterocycles. The van der Waals surface area contributed by atoms with E-state index in [9.17, 15) is 0 Å². The maximum absolute atomic E-state index is 0. The maximum Gasteiger partial charge on any atom is 0 e. The normalized spacial score (nSPS) is 0. The molecule has 0 rings (SSSR count). The van der Waals surface area contributed by atoms with Crippen molar-refractivity contribution in [3.8, 4) is 0 Å². The molecule has 45 heavy (non-hydrogen) atoms. The SMILES string of the molecule is O.O.O.O.O.O.O.O.O.O.O.O.O.O.O.O.O.O.O.O.O.O.O.O.O.O.O.O.O.O.O.O.O.O.O.O.O.O.O.O.[Zn].[Zn].[Zn].[Zn].[Zn]. The molecule has 80 N–H and O–H groups in total. The molecule has 0 saturated carbocycles. The molecule has 0 aromatic heterocycles. The fraction of sp³-hybridized carbons (Fsp3) is 0. The Morgan fingerprint density at radius 1 is 0.0444 bits per heavy atom. The van der Waals surface area contributed by atoms with Crippen LogP contribution in [-0.2, 0) is 97.4 Å². The van der Waals surface area contributed by atoms with Gasteiger partial charge in [0.15, 0.2) is 0 Å². The predicted molar refractivity (Wildman–Crippen MR) is 145 cm³/mol. The van der Waals surface area contributed by atoms with Gasteiger partial charge in [-0.15, -0.1) is 0 Å². The summed E-state index contributed by atoms with van der Waals surface area (Å²) in [6.07, 6.45) is 0. The molecule has 0 aromatic carbocycles. The predicted octanol–water partition coefficient (Wildman–Crippen LogP) is -33.0. The minimum Gasteiger partial charge on any atom is -0.412 e. The van der Waals surface area contributed by atoms with Gasteiger partial charge in [0.1, 0.15) is 0 Å². The molecular weight excluding hydrogens is 967 g/mol. The minimum atomic E-state index is 0. The van der Waals surface area contributed by atoms with Gasteiger partial charge < -0.3 is 219 Å². The van der Waals surface area contributed by atoms with Crippen molar-refractivity contribution in [1.29, 1.82) is 0 Å². The van der Waals surface area contributed by atoms with Crippen molar-refractivity contribution in [2.45, 2.75) is 0 Å². The van der Waals surface area contributed by atoms with Gasteiger partial charge in [-0.1, -0.05) is 0 Å². The van der Waals surface area contributed by atoms with E-state index in [2.05, 4.69) is 0 Å². The van der Waals surface area contributed by atoms with E-state index in [1.165, 1.54) is 0 Å². The van der Waals surface area contributed by atoms with Crippen molar-refractivity contribution >= 4 is 0 Å². The van der Waals surface area contributed by atoms with E-state index in [0.29, 0.717) is 0 Å². The van der Waals surface area contributed by atoms with Gasteiger partial charge in [-0.25, -0.2) is 0 Å². The Labute approximate surface area is 315 Å². The average Bonchev–Trinajstić information content (AvgIpc) is 0. The summed E-state index contributed by atoms with van der Waals surface area (Å²) in [5, 5.41) is 0. The summed E-state index contributed by atoms with van der Waals surface area (Å²) in [5.41, 5.74) is 0. The van der Waals surface area contributed by atoms with Crippen molar-refractivity contribution in [1.82, 2.24) is 0 Å². The molecule has 0 amide bonds. The van der Waals surface area contributed by atoms with E-state index in [-0.39, 0.29) is 316 Å². The zero-order valence-electron chi connectivity index (χ0n) is 23.5. The van der Waals surface area contributed by atoms with Crippen LogP contribution in [0.4, 0.5) is 0 Å². The van der Waals surface area contributed by atoms with Gasteiger partial charge in [0.25, 0.3) is 0 Å². The Morgan fingerprint density at radius 2 is 0.0444 bits per heavy atom. The third-order valence-electron chi connectivity index (χ3n) is 0. The van der Waals surface area contributed by atoms with Gasteiger partial charge >= 0.3 is 0 Å². The third-order valence-corrected chi connectivity index (χ3v) is 0. The molecular formula is H80O40Zn5. The van der Waals surface area contributed by atoms with E-state index >= 15 is 0 Å². The zero-order valence-corrected chi connectivity index (χ0v) is 38.4. The van der Waals surface area contributed by atoms with E-state index in [4.69, 9.17) is 0 Å². The molecule has 0 aliphatic rings. The van der Waals surface area contributed by atoms with Gasteiger partial charge in [0.05, 0.1) is 0 Å². The summed E-state index contributed by atoms with van der Waals surface area (Å²) in [6, 6.07) is 0. The zero-order chi connectivity index (χ0) is 0. The van der Waals surface area contributed by atoms with E-state index in [0.717, 1.165) is 0 Å². The van der Waals surface area contributed by atoms with Crippen LogP contribution in [0.1, 0.15) is 0 Å². The van der Waals surface area contributed by atoms with Gasteiger partial charge in [-0.3, -0.25) is 0 Å². The fourth-order valence-corrected chi connectivity index (χ4v) is 0. The maximum atomic E-state index is 0. The Kier molecular flexibility index (Phi) is 36500000. The van der Waals surface area contributed by atoms with Crippen molar-refractivity contribution < 1.29 is 316 Å². The average molecular weight is 1050 g/mol. The first-order chi connectivity index (χ1) is 0. The fourth-order valence-electron chi connectivity index (χ4n) is 0. The number of hydrogen-bond donors (Lipinski definition) is 0. The molecule has 0 aromatic rings. The monoisotopic (exact) mass is 1040 g/mol. The van der Waals surface area contributed by atoms with Gasteiger partial charge in [-0.05, 0) is 0 Å². The van der Waals surface area contributed by atoms with Crippen LogP contribution in [0.5, 0.6) is 0 Å². The van der Waals surface area contributed by atoms with Crippen LogP contribution in [0.25, 0.3) is 0 Å². The van der Waals surface area contributed by atoms with Crippen molar-refractivity contribution in [2.75, 3.05) is 0 Å². The molecule has 0 heterocycles. The molecule has 0 saturated heterocycles. The van der Waals surface area contributed by atoms with Crippen molar-refractivity contribution in [2.24, 2.45) is 0 Å². The molecule has 40 nitrogen and oxygen atoms in total. The molecule has 0 fully saturated rings. The molecule has 0 radical (unpaired) electrons. The first kappa shape index (κ1) is 41900. The Balaban J connectivity index is 0. The van der Waals surface area contributed by atoms with Crippen LogP contribution < -0.4 is 0 Å². The minimum absolute atomic E-state index is 0. The summed E-state index contributed by atoms with van der Waals surface area (Å²) in [6.45, 7) is 0. The van der Waals surface area contributed by atoms with E-state index in [1.807, 2.05) is 0 Å². The smallest absolute Gasteiger partial charge is 0 e. The van der Waals surface area contributed by atoms with Crippen LogP contribution in [0, 0.1) is 0 Å². The summed E-state index contributed by atoms with van der Waals surface area (Å²) >= 11 is 0. The van der Waals surface area contributed by atoms with Crippen LogP contribution in [-0.4, -0.2) is 219 Å². The molecule has 45 heteroatoms. The van der Waals surface area contributed by atoms with Crippen LogP contribution in [0.2, 0.25) is 0 Å². The van der Waals surface area contributed by atoms with Crippen molar-refractivity contribution in [3.05, 3.63) is 0 Å². The molecule has 0 unspecified atom stereocenters. The topological polar surface area (TPSA) is 1260 Å². The summed E-state index contributed by atoms with van der Waals surface area (Å²) < 4.78 is 0. The Hall–Kier alpha value is 1.52. The number of rotatable bonds is 0. The number of hydrogen-bond acceptors (Lipinski definition) is 0. The van der Waals surface area contributed by atoms with Crippen LogP contribution in [0.15, 0.2) is 0 Å². The first-order valence-corrected chi connectivity index (χ1v) is 0. The molecule has 0 atom stereocenters. The van der Waals surface area contributed by atoms with E-state index in [1.54, 1.807) is 0 Å². The van der Waals surface area contributed by atoms with E-state index < -0.39 is 0 Å². The van der Waals surface area contributed by atoms with Crippen LogP contribution in [0.3, 0.4) is 0 Å². The third kappa shape index (κ3) is 37500. The molecule has 0 aliphatic carbocycles. The van der Waals surface area contributed by atoms with Crippen LogP contribution >= 0.6 is 0 Å². The van der Waals surface area contributed by atoms with Gasteiger partial charge in [0, 0.05) is 97.4 Å². The largest absolute Gasteiger partial charge is 0.412 e. The molecule has 330 valence electrons. The molecule has 0 spiro atoms. The first-order valence-electron chi connectivity index (χ1n) is 0. The van der Waals surface area contributed by atoms with Crippen molar-refractivity contribution in [3.63, 3.8) is 0 Å². The summed E-state index contributed by atoms with van der Waals surface area (Å²) in [4.78, 5) is 0. The second kappa shape index (κ2) is 39200. The second-order valence-corrected chi connectivity index (χ2v) is 0. The standard InChI is InChI=1S/40H2O.5Zn/h40*1H2;;;;;. The van der Waals surface area contributed by atoms with Gasteiger partial charge in [-0.2, -0.15) is 0 Å². The quantitative estimate of drug-likeness (QED) is 0.204. The second-order valence-electron chi connectivity index (χ2n) is 0. The summed E-state index contributed by atoms with van der Waals surface area (Å²) in [7, 11) is 0. The molecule has 0 bridgehead atoms. The Morgan fingerprint density at radius 3 is 0.0444 bits per heavy atom. The Bertz CT molecular complexity index is 22.6.